The zero-order chi connectivity index (χ0) is 22.0. The molecule has 0 spiro atoms. The second kappa shape index (κ2) is 9.06. The summed E-state index contributed by atoms with van der Waals surface area (Å²) in [6, 6.07) is 9.91. The zero-order valence-electron chi connectivity index (χ0n) is 18.0. The molecule has 1 fully saturated rings. The molecule has 1 unspecified atom stereocenters. The molecule has 2 aliphatic rings. The standard InChI is InChI=1S/C24H30N4O3/c1-26-10-7-18(14-26)13-21(29)27-12-9-20-19(15-27)16-28(24(31)22(20)23(25)30)11-8-17-5-3-2-4-6-17/h2-6,16,18H,7-15H2,1H3,(H2,25,30). The van der Waals surface area contributed by atoms with E-state index in [1.165, 1.54) is 0 Å². The van der Waals surface area contributed by atoms with E-state index in [2.05, 4.69) is 11.9 Å². The molecule has 0 bridgehead atoms. The first kappa shape index (κ1) is 21.3. The lowest BCUT2D eigenvalue weighted by Crippen LogP contribution is -2.41. The fourth-order valence-corrected chi connectivity index (χ4v) is 4.81. The normalized spacial score (nSPS) is 18.7. The van der Waals surface area contributed by atoms with Gasteiger partial charge < -0.3 is 20.1 Å². The van der Waals surface area contributed by atoms with E-state index in [9.17, 15) is 14.4 Å². The Bertz CT molecular complexity index is 1030. The minimum atomic E-state index is -0.691. The molecule has 1 aromatic carbocycles. The second-order valence-electron chi connectivity index (χ2n) is 8.79. The van der Waals surface area contributed by atoms with E-state index in [0.717, 1.165) is 30.6 Å². The van der Waals surface area contributed by atoms with Crippen LogP contribution in [0.1, 0.15) is 39.9 Å². The van der Waals surface area contributed by atoms with Crippen LogP contribution in [0.3, 0.4) is 0 Å². The van der Waals surface area contributed by atoms with Crippen LogP contribution in [-0.2, 0) is 30.7 Å². The van der Waals surface area contributed by atoms with Gasteiger partial charge in [-0.1, -0.05) is 30.3 Å². The van der Waals surface area contributed by atoms with Crippen molar-refractivity contribution in [3.63, 3.8) is 0 Å². The van der Waals surface area contributed by atoms with Crippen molar-refractivity contribution < 1.29 is 9.59 Å². The summed E-state index contributed by atoms with van der Waals surface area (Å²) in [5.74, 6) is -0.141. The molecule has 0 radical (unpaired) electrons. The van der Waals surface area contributed by atoms with E-state index in [-0.39, 0.29) is 17.0 Å². The van der Waals surface area contributed by atoms with Gasteiger partial charge in [0.25, 0.3) is 11.5 Å². The Balaban J connectivity index is 1.55. The molecule has 2 N–H and O–H groups in total. The molecule has 1 atom stereocenters. The third-order valence-electron chi connectivity index (χ3n) is 6.50. The van der Waals surface area contributed by atoms with Crippen LogP contribution < -0.4 is 11.3 Å². The Labute approximate surface area is 182 Å². The number of benzene rings is 1. The van der Waals surface area contributed by atoms with Crippen molar-refractivity contribution in [3.05, 3.63) is 69.1 Å². The first-order valence-corrected chi connectivity index (χ1v) is 11.0. The number of aryl methyl sites for hydroxylation is 2. The molecule has 7 heteroatoms. The lowest BCUT2D eigenvalue weighted by atomic mass is 9.95. The molecular formula is C24H30N4O3. The van der Waals surface area contributed by atoms with Crippen LogP contribution >= 0.6 is 0 Å². The number of likely N-dealkylation sites (tertiary alicyclic amines) is 1. The average Bonchev–Trinajstić information content (AvgIpc) is 3.16. The summed E-state index contributed by atoms with van der Waals surface area (Å²) in [4.78, 5) is 42.1. The monoisotopic (exact) mass is 422 g/mol. The van der Waals surface area contributed by atoms with Crippen molar-refractivity contribution in [2.45, 2.75) is 38.8 Å². The van der Waals surface area contributed by atoms with Gasteiger partial charge in [0.1, 0.15) is 5.56 Å². The van der Waals surface area contributed by atoms with Crippen molar-refractivity contribution in [1.82, 2.24) is 14.4 Å². The van der Waals surface area contributed by atoms with Crippen molar-refractivity contribution in [3.8, 4) is 0 Å². The van der Waals surface area contributed by atoms with Crippen LogP contribution in [-0.4, -0.2) is 52.9 Å². The van der Waals surface area contributed by atoms with Crippen LogP contribution in [0.15, 0.2) is 41.3 Å². The molecule has 1 aromatic heterocycles. The van der Waals surface area contributed by atoms with Crippen LogP contribution in [0, 0.1) is 5.92 Å². The molecule has 7 nitrogen and oxygen atoms in total. The molecule has 2 aromatic rings. The Morgan fingerprint density at radius 2 is 1.94 bits per heavy atom. The topological polar surface area (TPSA) is 88.6 Å². The first-order valence-electron chi connectivity index (χ1n) is 11.0. The number of hydrogen-bond donors (Lipinski definition) is 1. The number of carbonyl (C=O) groups excluding carboxylic acids is 2. The van der Waals surface area contributed by atoms with Crippen molar-refractivity contribution in [2.24, 2.45) is 11.7 Å². The molecule has 3 heterocycles. The number of hydrogen-bond acceptors (Lipinski definition) is 4. The number of nitrogens with two attached hydrogens (primary N) is 1. The Morgan fingerprint density at radius 1 is 1.16 bits per heavy atom. The maximum absolute atomic E-state index is 13.0. The second-order valence-corrected chi connectivity index (χ2v) is 8.79. The van der Waals surface area contributed by atoms with Gasteiger partial charge in [-0.05, 0) is 55.5 Å². The summed E-state index contributed by atoms with van der Waals surface area (Å²) in [7, 11) is 2.09. The number of amides is 2. The third-order valence-corrected chi connectivity index (χ3v) is 6.50. The lowest BCUT2D eigenvalue weighted by Gasteiger charge is -2.31. The maximum atomic E-state index is 13.0. The highest BCUT2D eigenvalue weighted by atomic mass is 16.2. The molecule has 0 aliphatic carbocycles. The molecule has 164 valence electrons. The summed E-state index contributed by atoms with van der Waals surface area (Å²) in [5.41, 5.74) is 8.01. The number of primary amides is 1. The van der Waals surface area contributed by atoms with Gasteiger partial charge in [0.05, 0.1) is 0 Å². The largest absolute Gasteiger partial charge is 0.365 e. The third kappa shape index (κ3) is 4.71. The minimum Gasteiger partial charge on any atom is -0.365 e. The summed E-state index contributed by atoms with van der Waals surface area (Å²) in [6.07, 6.45) is 4.58. The molecule has 1 saturated heterocycles. The molecule has 0 saturated carbocycles. The number of pyridine rings is 1. The van der Waals surface area contributed by atoms with E-state index in [1.54, 1.807) is 4.57 Å². The molecule has 2 aliphatic heterocycles. The van der Waals surface area contributed by atoms with Crippen molar-refractivity contribution in [1.29, 1.82) is 0 Å². The highest BCUT2D eigenvalue weighted by Gasteiger charge is 2.29. The van der Waals surface area contributed by atoms with E-state index < -0.39 is 5.91 Å². The number of aromatic nitrogens is 1. The highest BCUT2D eigenvalue weighted by molar-refractivity contribution is 5.94. The van der Waals surface area contributed by atoms with Crippen LogP contribution in [0.5, 0.6) is 0 Å². The first-order chi connectivity index (χ1) is 14.9. The van der Waals surface area contributed by atoms with Gasteiger partial charge in [-0.15, -0.1) is 0 Å². The number of nitrogens with zero attached hydrogens (tertiary/aromatic N) is 3. The van der Waals surface area contributed by atoms with Gasteiger partial charge in [-0.25, -0.2) is 0 Å². The average molecular weight is 423 g/mol. The van der Waals surface area contributed by atoms with Gasteiger partial charge in [0.15, 0.2) is 0 Å². The Kier molecular flexibility index (Phi) is 6.23. The Morgan fingerprint density at radius 3 is 2.61 bits per heavy atom. The predicted octanol–water partition coefficient (Wildman–Crippen LogP) is 1.42. The summed E-state index contributed by atoms with van der Waals surface area (Å²) < 4.78 is 1.58. The Hall–Kier alpha value is -2.93. The predicted molar refractivity (Wildman–Crippen MR) is 119 cm³/mol. The van der Waals surface area contributed by atoms with E-state index >= 15 is 0 Å². The van der Waals surface area contributed by atoms with Crippen LogP contribution in [0.2, 0.25) is 0 Å². The van der Waals surface area contributed by atoms with Crippen LogP contribution in [0.25, 0.3) is 0 Å². The molecular weight excluding hydrogens is 392 g/mol. The lowest BCUT2D eigenvalue weighted by molar-refractivity contribution is -0.133. The highest BCUT2D eigenvalue weighted by Crippen LogP contribution is 2.24. The maximum Gasteiger partial charge on any atom is 0.263 e. The molecule has 2 amide bonds. The smallest absolute Gasteiger partial charge is 0.263 e. The fraction of sp³-hybridized carbons (Fsp3) is 0.458. The minimum absolute atomic E-state index is 0.0788. The van der Waals surface area contributed by atoms with Gasteiger partial charge in [0.2, 0.25) is 5.91 Å². The van der Waals surface area contributed by atoms with Gasteiger partial charge in [-0.3, -0.25) is 14.4 Å². The number of fused-ring (bicyclic) bond motifs is 1. The van der Waals surface area contributed by atoms with Crippen molar-refractivity contribution in [2.75, 3.05) is 26.7 Å². The summed E-state index contributed by atoms with van der Waals surface area (Å²) in [5, 5.41) is 0. The SMILES string of the molecule is CN1CCC(CC(=O)N2CCc3c(cn(CCc4ccccc4)c(=O)c3C(N)=O)C2)C1. The van der Waals surface area contributed by atoms with Gasteiger partial charge in [-0.2, -0.15) is 0 Å². The van der Waals surface area contributed by atoms with Crippen molar-refractivity contribution >= 4 is 11.8 Å². The zero-order valence-corrected chi connectivity index (χ0v) is 18.0. The molecule has 31 heavy (non-hydrogen) atoms. The van der Waals surface area contributed by atoms with Crippen LogP contribution in [0.4, 0.5) is 0 Å². The van der Waals surface area contributed by atoms with E-state index in [0.29, 0.717) is 50.4 Å². The van der Waals surface area contributed by atoms with E-state index in [4.69, 9.17) is 5.73 Å². The summed E-state index contributed by atoms with van der Waals surface area (Å²) in [6.45, 7) is 3.39. The van der Waals surface area contributed by atoms with Gasteiger partial charge >= 0.3 is 0 Å². The summed E-state index contributed by atoms with van der Waals surface area (Å²) >= 11 is 0. The van der Waals surface area contributed by atoms with Gasteiger partial charge in [0, 0.05) is 38.8 Å². The fourth-order valence-electron chi connectivity index (χ4n) is 4.81. The quantitative estimate of drug-likeness (QED) is 0.763. The number of carbonyl (C=O) groups is 2. The molecule has 4 rings (SSSR count). The van der Waals surface area contributed by atoms with E-state index in [1.807, 2.05) is 41.4 Å². The number of rotatable bonds is 6.